The Morgan fingerprint density at radius 1 is 1.35 bits per heavy atom. The second-order valence-corrected chi connectivity index (χ2v) is 4.02. The van der Waals surface area contributed by atoms with Crippen LogP contribution in [0.25, 0.3) is 0 Å². The Kier molecular flexibility index (Phi) is 4.79. The van der Waals surface area contributed by atoms with Crippen molar-refractivity contribution in [3.63, 3.8) is 0 Å². The molecule has 0 fully saturated rings. The van der Waals surface area contributed by atoms with Crippen LogP contribution < -0.4 is 4.74 Å². The summed E-state index contributed by atoms with van der Waals surface area (Å²) in [6.45, 7) is 1.37. The zero-order valence-corrected chi connectivity index (χ0v) is 10.2. The maximum atomic E-state index is 13.3. The van der Waals surface area contributed by atoms with E-state index in [0.29, 0.717) is 0 Å². The van der Waals surface area contributed by atoms with E-state index in [1.54, 1.807) is 12.1 Å². The number of hydrogen-bond acceptors (Lipinski definition) is 3. The van der Waals surface area contributed by atoms with Gasteiger partial charge in [-0.3, -0.25) is 0 Å². The second kappa shape index (κ2) is 5.89. The lowest BCUT2D eigenvalue weighted by molar-refractivity contribution is -0.222. The van der Waals surface area contributed by atoms with Crippen LogP contribution in [0.2, 0.25) is 0 Å². The fraction of sp³-hybridized carbons (Fsp3) is 0.333. The van der Waals surface area contributed by atoms with Crippen molar-refractivity contribution in [3.8, 4) is 17.6 Å². The normalized spacial score (nSPS) is 12.5. The minimum atomic E-state index is -3.72. The maximum Gasteiger partial charge on any atom is 0.436 e. The van der Waals surface area contributed by atoms with Crippen LogP contribution in [0.5, 0.6) is 5.75 Å². The van der Waals surface area contributed by atoms with Gasteiger partial charge in [0.25, 0.3) is 0 Å². The number of benzene rings is 1. The van der Waals surface area contributed by atoms with Crippen LogP contribution in [0.15, 0.2) is 29.2 Å². The van der Waals surface area contributed by atoms with E-state index in [-0.39, 0.29) is 5.75 Å². The first-order chi connectivity index (χ1) is 7.99. The van der Waals surface area contributed by atoms with Gasteiger partial charge in [0.15, 0.2) is 0 Å². The lowest BCUT2D eigenvalue weighted by atomic mass is 10.3. The topological polar surface area (TPSA) is 29.5 Å². The Balaban J connectivity index is 2.77. The molecule has 1 rings (SSSR count). The van der Waals surface area contributed by atoms with Crippen LogP contribution in [0.1, 0.15) is 6.92 Å². The largest absolute Gasteiger partial charge is 0.436 e. The predicted octanol–water partition coefficient (Wildman–Crippen LogP) is 2.76. The lowest BCUT2D eigenvalue weighted by Crippen LogP contribution is -2.38. The number of thioether (sulfide) groups is 1. The zero-order valence-electron chi connectivity index (χ0n) is 9.41. The molecule has 1 aromatic carbocycles. The third kappa shape index (κ3) is 3.91. The Morgan fingerprint density at radius 2 is 1.94 bits per heavy atom. The molecule has 0 unspecified atom stereocenters. The minimum absolute atomic E-state index is 0.00949. The first-order valence-corrected chi connectivity index (χ1v) is 6.03. The molecule has 0 radical (unpaired) electrons. The maximum absolute atomic E-state index is 13.3. The third-order valence-electron chi connectivity index (χ3n) is 1.91. The molecular formula is C12H12F2O2S. The number of alkyl halides is 2. The molecule has 1 atom stereocenters. The monoisotopic (exact) mass is 258 g/mol. The molecule has 1 N–H and O–H groups in total. The van der Waals surface area contributed by atoms with Gasteiger partial charge < -0.3 is 9.84 Å². The Labute approximate surface area is 103 Å². The summed E-state index contributed by atoms with van der Waals surface area (Å²) in [6, 6.07) is 6.17. The molecule has 2 nitrogen and oxygen atoms in total. The van der Waals surface area contributed by atoms with Gasteiger partial charge in [-0.05, 0) is 37.4 Å². The number of halogens is 2. The van der Waals surface area contributed by atoms with E-state index in [0.717, 1.165) is 4.90 Å². The lowest BCUT2D eigenvalue weighted by Gasteiger charge is -2.19. The summed E-state index contributed by atoms with van der Waals surface area (Å²) >= 11 is 1.50. The fourth-order valence-corrected chi connectivity index (χ4v) is 1.49. The zero-order chi connectivity index (χ0) is 12.9. The van der Waals surface area contributed by atoms with Crippen molar-refractivity contribution in [1.82, 2.24) is 0 Å². The van der Waals surface area contributed by atoms with Crippen LogP contribution in [0.4, 0.5) is 8.78 Å². The molecule has 0 aliphatic rings. The van der Waals surface area contributed by atoms with Gasteiger partial charge in [-0.25, -0.2) is 0 Å². The summed E-state index contributed by atoms with van der Waals surface area (Å²) in [5, 5.41) is 9.09. The molecule has 0 amide bonds. The summed E-state index contributed by atoms with van der Waals surface area (Å²) in [5.41, 5.74) is 0. The van der Waals surface area contributed by atoms with Crippen molar-refractivity contribution in [1.29, 1.82) is 0 Å². The van der Waals surface area contributed by atoms with E-state index >= 15 is 0 Å². The number of aliphatic hydroxyl groups is 1. The van der Waals surface area contributed by atoms with Gasteiger partial charge in [0.2, 0.25) is 6.10 Å². The van der Waals surface area contributed by atoms with Crippen molar-refractivity contribution in [2.45, 2.75) is 24.0 Å². The van der Waals surface area contributed by atoms with E-state index in [1.807, 2.05) is 12.2 Å². The predicted molar refractivity (Wildman–Crippen MR) is 63.3 cm³/mol. The van der Waals surface area contributed by atoms with E-state index in [9.17, 15) is 8.78 Å². The van der Waals surface area contributed by atoms with Gasteiger partial charge in [0.1, 0.15) is 5.75 Å². The molecule has 0 aromatic heterocycles. The third-order valence-corrected chi connectivity index (χ3v) is 2.66. The van der Waals surface area contributed by atoms with Gasteiger partial charge in [-0.2, -0.15) is 8.78 Å². The van der Waals surface area contributed by atoms with E-state index in [4.69, 9.17) is 5.11 Å². The summed E-state index contributed by atoms with van der Waals surface area (Å²) < 4.78 is 31.0. The Hall–Kier alpha value is -1.25. The molecule has 0 aliphatic heterocycles. The summed E-state index contributed by atoms with van der Waals surface area (Å²) in [4.78, 5) is 0.939. The van der Waals surface area contributed by atoms with E-state index in [2.05, 4.69) is 10.7 Å². The van der Waals surface area contributed by atoms with E-state index < -0.39 is 12.2 Å². The number of ether oxygens (including phenoxy) is 1. The number of hydrogen-bond donors (Lipinski definition) is 1. The van der Waals surface area contributed by atoms with Gasteiger partial charge in [0, 0.05) is 4.90 Å². The van der Waals surface area contributed by atoms with Gasteiger partial charge in [0.05, 0.1) is 0 Å². The second-order valence-electron chi connectivity index (χ2n) is 3.14. The van der Waals surface area contributed by atoms with Crippen molar-refractivity contribution >= 4 is 11.8 Å². The fourth-order valence-electron chi connectivity index (χ4n) is 1.08. The van der Waals surface area contributed by atoms with Crippen LogP contribution in [-0.4, -0.2) is 23.6 Å². The SMILES string of the molecule is CC#C[C@H](O)C(F)(F)Oc1ccc(SC)cc1. The van der Waals surface area contributed by atoms with Gasteiger partial charge in [-0.1, -0.05) is 5.92 Å². The van der Waals surface area contributed by atoms with Crippen molar-refractivity contribution in [2.24, 2.45) is 0 Å². The molecule has 1 aromatic rings. The van der Waals surface area contributed by atoms with Crippen molar-refractivity contribution in [2.75, 3.05) is 6.26 Å². The standard InChI is InChI=1S/C12H12F2O2S/c1-3-4-11(15)12(13,14)16-9-5-7-10(17-2)8-6-9/h5-8,11,15H,1-2H3/t11-/m0/s1. The Bertz CT molecular complexity index is 420. The first-order valence-electron chi connectivity index (χ1n) is 4.81. The number of aliphatic hydroxyl groups excluding tert-OH is 1. The highest BCUT2D eigenvalue weighted by Crippen LogP contribution is 2.26. The van der Waals surface area contributed by atoms with Crippen LogP contribution >= 0.6 is 11.8 Å². The average molecular weight is 258 g/mol. The average Bonchev–Trinajstić information content (AvgIpc) is 2.30. The van der Waals surface area contributed by atoms with Gasteiger partial charge in [-0.15, -0.1) is 17.7 Å². The molecule has 17 heavy (non-hydrogen) atoms. The smallest absolute Gasteiger partial charge is 0.430 e. The molecule has 0 aliphatic carbocycles. The quantitative estimate of drug-likeness (QED) is 0.665. The highest BCUT2D eigenvalue weighted by atomic mass is 32.2. The summed E-state index contributed by atoms with van der Waals surface area (Å²) in [7, 11) is 0. The van der Waals surface area contributed by atoms with Gasteiger partial charge >= 0.3 is 6.11 Å². The van der Waals surface area contributed by atoms with Crippen LogP contribution in [-0.2, 0) is 0 Å². The molecule has 0 saturated carbocycles. The summed E-state index contributed by atoms with van der Waals surface area (Å²) in [5.74, 6) is 4.16. The van der Waals surface area contributed by atoms with Crippen LogP contribution in [0, 0.1) is 11.8 Å². The molecule has 0 heterocycles. The highest BCUT2D eigenvalue weighted by Gasteiger charge is 2.40. The van der Waals surface area contributed by atoms with E-state index in [1.165, 1.54) is 30.8 Å². The molecule has 0 saturated heterocycles. The summed E-state index contributed by atoms with van der Waals surface area (Å²) in [6.07, 6.45) is -3.97. The Morgan fingerprint density at radius 3 is 2.41 bits per heavy atom. The molecular weight excluding hydrogens is 246 g/mol. The molecule has 5 heteroatoms. The first kappa shape index (κ1) is 13.8. The van der Waals surface area contributed by atoms with Crippen molar-refractivity contribution < 1.29 is 18.6 Å². The highest BCUT2D eigenvalue weighted by molar-refractivity contribution is 7.98. The molecule has 0 bridgehead atoms. The molecule has 0 spiro atoms. The van der Waals surface area contributed by atoms with Crippen molar-refractivity contribution in [3.05, 3.63) is 24.3 Å². The minimum Gasteiger partial charge on any atom is -0.430 e. The molecule has 92 valence electrons. The number of rotatable bonds is 4. The van der Waals surface area contributed by atoms with Crippen LogP contribution in [0.3, 0.4) is 0 Å².